The second-order valence-electron chi connectivity index (χ2n) is 4.74. The molecule has 1 unspecified atom stereocenters. The average molecular weight is 361 g/mol. The third kappa shape index (κ3) is 3.68. The maximum atomic E-state index is 11.8. The van der Waals surface area contributed by atoms with Gasteiger partial charge in [0, 0.05) is 5.56 Å². The van der Waals surface area contributed by atoms with Gasteiger partial charge in [-0.1, -0.05) is 13.8 Å². The molecule has 1 aromatic rings. The first kappa shape index (κ1) is 17.8. The standard InChI is InChI=1S/C15H21BrO5/c1-6-21-15(18)12(17)10-7-9(8(2)3)13(19-4)11(16)14(10)20-5/h7-8,12,17H,6H2,1-5H3. The first-order valence-corrected chi connectivity index (χ1v) is 7.47. The Kier molecular flexibility index (Phi) is 6.48. The number of methoxy groups -OCH3 is 2. The SMILES string of the molecule is CCOC(=O)C(O)c1cc(C(C)C)c(OC)c(Br)c1OC. The highest BCUT2D eigenvalue weighted by Gasteiger charge is 2.28. The lowest BCUT2D eigenvalue weighted by atomic mass is 9.96. The highest BCUT2D eigenvalue weighted by molar-refractivity contribution is 9.10. The fourth-order valence-electron chi connectivity index (χ4n) is 2.05. The molecule has 0 aliphatic carbocycles. The van der Waals surface area contributed by atoms with Gasteiger partial charge >= 0.3 is 5.97 Å². The summed E-state index contributed by atoms with van der Waals surface area (Å²) in [6.07, 6.45) is -1.40. The zero-order valence-corrected chi connectivity index (χ0v) is 14.5. The van der Waals surface area contributed by atoms with Crippen molar-refractivity contribution in [3.05, 3.63) is 21.7 Å². The molecule has 0 aromatic heterocycles. The number of benzene rings is 1. The first-order chi connectivity index (χ1) is 9.88. The molecular formula is C15H21BrO5. The van der Waals surface area contributed by atoms with Crippen molar-refractivity contribution in [2.45, 2.75) is 32.8 Å². The quantitative estimate of drug-likeness (QED) is 0.789. The lowest BCUT2D eigenvalue weighted by Crippen LogP contribution is -2.17. The Morgan fingerprint density at radius 2 is 1.76 bits per heavy atom. The molecular weight excluding hydrogens is 340 g/mol. The number of hydrogen-bond acceptors (Lipinski definition) is 5. The van der Waals surface area contributed by atoms with E-state index < -0.39 is 12.1 Å². The van der Waals surface area contributed by atoms with Crippen molar-refractivity contribution < 1.29 is 24.1 Å². The molecule has 21 heavy (non-hydrogen) atoms. The molecule has 5 nitrogen and oxygen atoms in total. The molecule has 0 heterocycles. The van der Waals surface area contributed by atoms with Crippen LogP contribution in [-0.2, 0) is 9.53 Å². The molecule has 1 aromatic carbocycles. The van der Waals surface area contributed by atoms with E-state index in [-0.39, 0.29) is 12.5 Å². The summed E-state index contributed by atoms with van der Waals surface area (Å²) in [4.78, 5) is 11.8. The molecule has 0 aliphatic rings. The Labute approximate surface area is 133 Å². The molecule has 0 radical (unpaired) electrons. The summed E-state index contributed by atoms with van der Waals surface area (Å²) in [5.74, 6) is 0.427. The second-order valence-corrected chi connectivity index (χ2v) is 5.54. The number of esters is 1. The predicted molar refractivity (Wildman–Crippen MR) is 82.9 cm³/mol. The lowest BCUT2D eigenvalue weighted by molar-refractivity contribution is -0.153. The van der Waals surface area contributed by atoms with Crippen molar-refractivity contribution >= 4 is 21.9 Å². The molecule has 0 amide bonds. The van der Waals surface area contributed by atoms with Gasteiger partial charge in [-0.2, -0.15) is 0 Å². The fraction of sp³-hybridized carbons (Fsp3) is 0.533. The number of aliphatic hydroxyl groups is 1. The lowest BCUT2D eigenvalue weighted by Gasteiger charge is -2.21. The normalized spacial score (nSPS) is 12.2. The van der Waals surface area contributed by atoms with Crippen LogP contribution >= 0.6 is 15.9 Å². The van der Waals surface area contributed by atoms with Gasteiger partial charge in [0.05, 0.1) is 20.8 Å². The van der Waals surface area contributed by atoms with Crippen molar-refractivity contribution in [1.82, 2.24) is 0 Å². The highest BCUT2D eigenvalue weighted by atomic mass is 79.9. The summed E-state index contributed by atoms with van der Waals surface area (Å²) in [7, 11) is 3.03. The van der Waals surface area contributed by atoms with Crippen LogP contribution in [0.1, 0.15) is 43.9 Å². The molecule has 118 valence electrons. The Hall–Kier alpha value is -1.27. The largest absolute Gasteiger partial charge is 0.495 e. The molecule has 0 saturated heterocycles. The van der Waals surface area contributed by atoms with Gasteiger partial charge in [0.15, 0.2) is 6.10 Å². The van der Waals surface area contributed by atoms with Crippen LogP contribution in [0.5, 0.6) is 11.5 Å². The zero-order valence-electron chi connectivity index (χ0n) is 12.9. The molecule has 1 rings (SSSR count). The molecule has 1 N–H and O–H groups in total. The number of carbonyl (C=O) groups excluding carboxylic acids is 1. The summed E-state index contributed by atoms with van der Waals surface area (Å²) in [5, 5.41) is 10.2. The van der Waals surface area contributed by atoms with E-state index in [1.807, 2.05) is 13.8 Å². The van der Waals surface area contributed by atoms with Gasteiger partial charge in [0.2, 0.25) is 0 Å². The van der Waals surface area contributed by atoms with Crippen molar-refractivity contribution in [2.24, 2.45) is 0 Å². The smallest absolute Gasteiger partial charge is 0.339 e. The maximum Gasteiger partial charge on any atom is 0.339 e. The van der Waals surface area contributed by atoms with Gasteiger partial charge in [-0.25, -0.2) is 4.79 Å². The Morgan fingerprint density at radius 3 is 2.19 bits per heavy atom. The van der Waals surface area contributed by atoms with Crippen molar-refractivity contribution in [3.8, 4) is 11.5 Å². The topological polar surface area (TPSA) is 65.0 Å². The first-order valence-electron chi connectivity index (χ1n) is 6.67. The number of hydrogen-bond donors (Lipinski definition) is 1. The van der Waals surface area contributed by atoms with E-state index in [4.69, 9.17) is 14.2 Å². The fourth-order valence-corrected chi connectivity index (χ4v) is 2.83. The van der Waals surface area contributed by atoms with Crippen LogP contribution < -0.4 is 9.47 Å². The van der Waals surface area contributed by atoms with E-state index in [1.54, 1.807) is 20.1 Å². The van der Waals surface area contributed by atoms with Gasteiger partial charge < -0.3 is 19.3 Å². The van der Waals surface area contributed by atoms with Crippen LogP contribution in [0.2, 0.25) is 0 Å². The third-order valence-electron chi connectivity index (χ3n) is 3.07. The van der Waals surface area contributed by atoms with E-state index in [0.29, 0.717) is 21.5 Å². The Morgan fingerprint density at radius 1 is 1.24 bits per heavy atom. The number of halogens is 1. The molecule has 0 fully saturated rings. The summed E-state index contributed by atoms with van der Waals surface area (Å²) in [5.41, 5.74) is 1.22. The molecule has 1 atom stereocenters. The molecule has 0 bridgehead atoms. The summed E-state index contributed by atoms with van der Waals surface area (Å²) >= 11 is 3.41. The molecule has 0 spiro atoms. The van der Waals surface area contributed by atoms with Gasteiger partial charge in [-0.3, -0.25) is 0 Å². The van der Waals surface area contributed by atoms with Crippen LogP contribution in [-0.4, -0.2) is 31.9 Å². The molecule has 0 aliphatic heterocycles. The number of ether oxygens (including phenoxy) is 3. The van der Waals surface area contributed by atoms with Gasteiger partial charge in [-0.15, -0.1) is 0 Å². The summed E-state index contributed by atoms with van der Waals surface area (Å²) in [6.45, 7) is 5.88. The van der Waals surface area contributed by atoms with Crippen molar-refractivity contribution in [3.63, 3.8) is 0 Å². The average Bonchev–Trinajstić information content (AvgIpc) is 2.45. The van der Waals surface area contributed by atoms with Crippen molar-refractivity contribution in [1.29, 1.82) is 0 Å². The highest BCUT2D eigenvalue weighted by Crippen LogP contribution is 2.44. The van der Waals surface area contributed by atoms with E-state index >= 15 is 0 Å². The second kappa shape index (κ2) is 7.66. The molecule has 6 heteroatoms. The van der Waals surface area contributed by atoms with Crippen LogP contribution in [0.15, 0.2) is 10.5 Å². The number of aliphatic hydroxyl groups excluding tert-OH is 1. The van der Waals surface area contributed by atoms with E-state index in [0.717, 1.165) is 5.56 Å². The zero-order chi connectivity index (χ0) is 16.2. The Balaban J connectivity index is 3.47. The van der Waals surface area contributed by atoms with E-state index in [9.17, 15) is 9.90 Å². The van der Waals surface area contributed by atoms with Gasteiger partial charge in [0.25, 0.3) is 0 Å². The van der Waals surface area contributed by atoms with Crippen LogP contribution in [0, 0.1) is 0 Å². The van der Waals surface area contributed by atoms with Crippen LogP contribution in [0.3, 0.4) is 0 Å². The molecule has 0 saturated carbocycles. The van der Waals surface area contributed by atoms with Crippen LogP contribution in [0.4, 0.5) is 0 Å². The predicted octanol–water partition coefficient (Wildman–Crippen LogP) is 3.19. The van der Waals surface area contributed by atoms with E-state index in [1.165, 1.54) is 7.11 Å². The maximum absolute atomic E-state index is 11.8. The monoisotopic (exact) mass is 360 g/mol. The van der Waals surface area contributed by atoms with Crippen molar-refractivity contribution in [2.75, 3.05) is 20.8 Å². The van der Waals surface area contributed by atoms with Crippen LogP contribution in [0.25, 0.3) is 0 Å². The minimum absolute atomic E-state index is 0.148. The number of rotatable bonds is 6. The third-order valence-corrected chi connectivity index (χ3v) is 3.79. The van der Waals surface area contributed by atoms with Gasteiger partial charge in [-0.05, 0) is 40.4 Å². The summed E-state index contributed by atoms with van der Waals surface area (Å²) in [6, 6.07) is 1.72. The minimum Gasteiger partial charge on any atom is -0.495 e. The van der Waals surface area contributed by atoms with Gasteiger partial charge in [0.1, 0.15) is 16.0 Å². The summed E-state index contributed by atoms with van der Waals surface area (Å²) < 4.78 is 16.1. The minimum atomic E-state index is -1.40. The Bertz CT molecular complexity index is 513. The number of carbonyl (C=O) groups is 1. The van der Waals surface area contributed by atoms with E-state index in [2.05, 4.69) is 15.9 Å².